The van der Waals surface area contributed by atoms with Crippen LogP contribution in [0.1, 0.15) is 31.9 Å². The molecule has 5 heteroatoms. The fourth-order valence-corrected chi connectivity index (χ4v) is 4.68. The third-order valence-electron chi connectivity index (χ3n) is 5.80. The van der Waals surface area contributed by atoms with Crippen molar-refractivity contribution >= 4 is 17.5 Å². The number of rotatable bonds is 5. The van der Waals surface area contributed by atoms with Crippen LogP contribution in [-0.2, 0) is 9.59 Å². The quantitative estimate of drug-likeness (QED) is 0.809. The number of fused-ring (bicyclic) bond motifs is 1. The highest BCUT2D eigenvalue weighted by Gasteiger charge is 2.59. The van der Waals surface area contributed by atoms with Crippen molar-refractivity contribution in [3.05, 3.63) is 60.2 Å². The van der Waals surface area contributed by atoms with Gasteiger partial charge in [-0.1, -0.05) is 50.2 Å². The van der Waals surface area contributed by atoms with Crippen LogP contribution in [-0.4, -0.2) is 25.0 Å². The summed E-state index contributed by atoms with van der Waals surface area (Å²) in [5, 5.41) is 3.60. The number of carbonyl (C=O) groups excluding carboxylic acids is 2. The van der Waals surface area contributed by atoms with Crippen molar-refractivity contribution in [3.8, 4) is 5.75 Å². The van der Waals surface area contributed by atoms with Crippen molar-refractivity contribution in [1.29, 1.82) is 0 Å². The molecule has 2 aliphatic heterocycles. The van der Waals surface area contributed by atoms with Crippen molar-refractivity contribution in [3.63, 3.8) is 0 Å². The van der Waals surface area contributed by atoms with Crippen molar-refractivity contribution in [1.82, 2.24) is 5.32 Å². The van der Waals surface area contributed by atoms with Gasteiger partial charge < -0.3 is 10.1 Å². The molecule has 2 aromatic carbocycles. The minimum atomic E-state index is -0.423. The highest BCUT2D eigenvalue weighted by atomic mass is 16.5. The van der Waals surface area contributed by atoms with Crippen LogP contribution in [0.5, 0.6) is 5.75 Å². The van der Waals surface area contributed by atoms with Crippen LogP contribution in [0.4, 0.5) is 5.69 Å². The minimum Gasteiger partial charge on any atom is -0.496 e. The Bertz CT molecular complexity index is 880. The first-order valence-corrected chi connectivity index (χ1v) is 9.84. The number of hydrogen-bond acceptors (Lipinski definition) is 4. The summed E-state index contributed by atoms with van der Waals surface area (Å²) in [7, 11) is 1.63. The molecule has 0 spiro atoms. The molecule has 0 aromatic heterocycles. The van der Waals surface area contributed by atoms with E-state index in [9.17, 15) is 9.59 Å². The van der Waals surface area contributed by atoms with Gasteiger partial charge >= 0.3 is 0 Å². The molecule has 4 rings (SSSR count). The Morgan fingerprint density at radius 1 is 0.964 bits per heavy atom. The molecule has 2 fully saturated rings. The number of nitrogens with zero attached hydrogens (tertiary/aromatic N) is 1. The Balaban J connectivity index is 1.77. The summed E-state index contributed by atoms with van der Waals surface area (Å²) >= 11 is 0. The summed E-state index contributed by atoms with van der Waals surface area (Å²) in [5.41, 5.74) is 1.58. The molecule has 0 aliphatic carbocycles. The molecule has 4 atom stereocenters. The lowest BCUT2D eigenvalue weighted by atomic mass is 9.84. The van der Waals surface area contributed by atoms with Crippen molar-refractivity contribution in [2.45, 2.75) is 32.4 Å². The zero-order valence-electron chi connectivity index (χ0n) is 16.5. The maximum atomic E-state index is 13.4. The van der Waals surface area contributed by atoms with E-state index in [0.717, 1.165) is 17.7 Å². The second-order valence-electron chi connectivity index (χ2n) is 8.02. The van der Waals surface area contributed by atoms with Gasteiger partial charge in [-0.2, -0.15) is 0 Å². The maximum absolute atomic E-state index is 13.4. The molecular weight excluding hydrogens is 352 g/mol. The molecule has 0 radical (unpaired) electrons. The van der Waals surface area contributed by atoms with E-state index in [4.69, 9.17) is 4.74 Å². The van der Waals surface area contributed by atoms with E-state index in [2.05, 4.69) is 19.2 Å². The lowest BCUT2D eigenvalue weighted by Gasteiger charge is -2.24. The Morgan fingerprint density at radius 3 is 2.29 bits per heavy atom. The number of methoxy groups -OCH3 is 1. The smallest absolute Gasteiger partial charge is 0.239 e. The number of benzene rings is 2. The highest BCUT2D eigenvalue weighted by Crippen LogP contribution is 2.48. The molecule has 0 unspecified atom stereocenters. The first kappa shape index (κ1) is 18.7. The summed E-state index contributed by atoms with van der Waals surface area (Å²) in [6.45, 7) is 4.28. The largest absolute Gasteiger partial charge is 0.496 e. The average molecular weight is 378 g/mol. The number of anilines is 1. The molecule has 28 heavy (non-hydrogen) atoms. The maximum Gasteiger partial charge on any atom is 0.239 e. The Labute approximate surface area is 165 Å². The van der Waals surface area contributed by atoms with Gasteiger partial charge in [-0.3, -0.25) is 9.59 Å². The second-order valence-corrected chi connectivity index (χ2v) is 8.02. The third-order valence-corrected chi connectivity index (χ3v) is 5.80. The van der Waals surface area contributed by atoms with E-state index in [0.29, 0.717) is 11.6 Å². The molecule has 146 valence electrons. The summed E-state index contributed by atoms with van der Waals surface area (Å²) in [4.78, 5) is 28.2. The second kappa shape index (κ2) is 7.40. The third kappa shape index (κ3) is 3.00. The number of ether oxygens (including phenoxy) is 1. The van der Waals surface area contributed by atoms with E-state index in [1.165, 1.54) is 4.90 Å². The SMILES string of the molecule is COc1ccccc1[C@@H]1N[C@@H](CC(C)C)[C@H]2C(=O)N(c3ccccc3)C(=O)[C@@H]21. The Hall–Kier alpha value is -2.66. The van der Waals surface area contributed by atoms with Gasteiger partial charge in [0.2, 0.25) is 11.8 Å². The Morgan fingerprint density at radius 2 is 1.61 bits per heavy atom. The number of nitrogens with one attached hydrogen (secondary N) is 1. The molecule has 2 saturated heterocycles. The number of hydrogen-bond donors (Lipinski definition) is 1. The Kier molecular flexibility index (Phi) is 4.94. The van der Waals surface area contributed by atoms with E-state index >= 15 is 0 Å². The molecule has 2 aromatic rings. The molecule has 1 N–H and O–H groups in total. The van der Waals surface area contributed by atoms with Gasteiger partial charge in [0.25, 0.3) is 0 Å². The van der Waals surface area contributed by atoms with Crippen LogP contribution in [0.3, 0.4) is 0 Å². The van der Waals surface area contributed by atoms with E-state index in [-0.39, 0.29) is 29.8 Å². The predicted molar refractivity (Wildman–Crippen MR) is 108 cm³/mol. The first-order valence-electron chi connectivity index (χ1n) is 9.84. The molecule has 2 aliphatic rings. The number of carbonyl (C=O) groups is 2. The highest BCUT2D eigenvalue weighted by molar-refractivity contribution is 6.22. The molecule has 0 bridgehead atoms. The van der Waals surface area contributed by atoms with Crippen LogP contribution in [0.25, 0.3) is 0 Å². The molecule has 2 amide bonds. The topological polar surface area (TPSA) is 58.6 Å². The lowest BCUT2D eigenvalue weighted by Crippen LogP contribution is -2.40. The van der Waals surface area contributed by atoms with Gasteiger partial charge in [0.1, 0.15) is 5.75 Å². The number of amides is 2. The van der Waals surface area contributed by atoms with E-state index in [1.807, 2.05) is 54.6 Å². The summed E-state index contributed by atoms with van der Waals surface area (Å²) in [5.74, 6) is 0.149. The predicted octanol–water partition coefficient (Wildman–Crippen LogP) is 3.56. The summed E-state index contributed by atoms with van der Waals surface area (Å²) in [6, 6.07) is 16.7. The number of imide groups is 1. The van der Waals surface area contributed by atoms with Crippen LogP contribution in [0.2, 0.25) is 0 Å². The molecule has 0 saturated carbocycles. The van der Waals surface area contributed by atoms with Crippen LogP contribution in [0.15, 0.2) is 54.6 Å². The monoisotopic (exact) mass is 378 g/mol. The van der Waals surface area contributed by atoms with Gasteiger partial charge in [0.05, 0.1) is 24.6 Å². The molecule has 2 heterocycles. The molecular formula is C23H26N2O3. The van der Waals surface area contributed by atoms with Gasteiger partial charge in [0.15, 0.2) is 0 Å². The fourth-order valence-electron chi connectivity index (χ4n) is 4.68. The van der Waals surface area contributed by atoms with Crippen LogP contribution in [0, 0.1) is 17.8 Å². The first-order chi connectivity index (χ1) is 13.5. The summed E-state index contributed by atoms with van der Waals surface area (Å²) in [6.07, 6.45) is 0.842. The summed E-state index contributed by atoms with van der Waals surface area (Å²) < 4.78 is 5.55. The standard InChI is InChI=1S/C23H26N2O3/c1-14(2)13-17-19-20(21(24-17)16-11-7-8-12-18(16)28-3)23(27)25(22(19)26)15-9-5-4-6-10-15/h4-12,14,17,19-21,24H,13H2,1-3H3/t17-,19+,20-,21-/m0/s1. The zero-order valence-corrected chi connectivity index (χ0v) is 16.5. The van der Waals surface area contributed by atoms with Gasteiger partial charge in [0, 0.05) is 17.6 Å². The average Bonchev–Trinajstić information content (AvgIpc) is 3.18. The van der Waals surface area contributed by atoms with Crippen molar-refractivity contribution < 1.29 is 14.3 Å². The van der Waals surface area contributed by atoms with E-state index in [1.54, 1.807) is 7.11 Å². The van der Waals surface area contributed by atoms with Gasteiger partial charge in [-0.05, 0) is 30.5 Å². The van der Waals surface area contributed by atoms with Crippen LogP contribution >= 0.6 is 0 Å². The van der Waals surface area contributed by atoms with Crippen molar-refractivity contribution in [2.24, 2.45) is 17.8 Å². The van der Waals surface area contributed by atoms with Crippen LogP contribution < -0.4 is 15.0 Å². The van der Waals surface area contributed by atoms with Gasteiger partial charge in [-0.15, -0.1) is 0 Å². The zero-order chi connectivity index (χ0) is 19.8. The molecule has 5 nitrogen and oxygen atoms in total. The minimum absolute atomic E-state index is 0.0370. The lowest BCUT2D eigenvalue weighted by molar-refractivity contribution is -0.123. The van der Waals surface area contributed by atoms with E-state index < -0.39 is 5.92 Å². The number of para-hydroxylation sites is 2. The van der Waals surface area contributed by atoms with Gasteiger partial charge in [-0.25, -0.2) is 4.90 Å². The fraction of sp³-hybridized carbons (Fsp3) is 0.391. The normalized spacial score (nSPS) is 26.8. The van der Waals surface area contributed by atoms with Crippen molar-refractivity contribution in [2.75, 3.05) is 12.0 Å².